The first-order chi connectivity index (χ1) is 15.8. The molecule has 0 aromatic heterocycles. The fourth-order valence-electron chi connectivity index (χ4n) is 0.653. The number of hydrogen-bond donors (Lipinski definition) is 12. The van der Waals surface area contributed by atoms with Crippen molar-refractivity contribution in [2.45, 2.75) is 50.5 Å². The third-order valence-corrected chi connectivity index (χ3v) is 3.48. The summed E-state index contributed by atoms with van der Waals surface area (Å²) in [5.41, 5.74) is 24.3. The van der Waals surface area contributed by atoms with E-state index in [1.54, 1.807) is 11.8 Å². The summed E-state index contributed by atoms with van der Waals surface area (Å²) in [5, 5.41) is 56.2. The van der Waals surface area contributed by atoms with Gasteiger partial charge in [0.25, 0.3) is 0 Å². The molecule has 0 amide bonds. The van der Waals surface area contributed by atoms with Gasteiger partial charge in [0.05, 0.1) is 19.3 Å². The summed E-state index contributed by atoms with van der Waals surface area (Å²) in [5.74, 6) is -4.39. The molecular weight excluding hydrogens is 498 g/mol. The third kappa shape index (κ3) is 42.1. The first-order valence-electron chi connectivity index (χ1n) is 9.46. The number of nitrogens with two attached hydrogens (primary N) is 5. The van der Waals surface area contributed by atoms with Crippen LogP contribution in [0.4, 0.5) is 0 Å². The molecule has 5 unspecified atom stereocenters. The average Bonchev–Trinajstić information content (AvgIpc) is 2.77. The highest BCUT2D eigenvalue weighted by molar-refractivity contribution is 7.98. The summed E-state index contributed by atoms with van der Waals surface area (Å²) >= 11 is 1.60. The van der Waals surface area contributed by atoms with Crippen molar-refractivity contribution in [3.8, 4) is 0 Å². The fraction of sp³-hybridized carbons (Fsp3) is 0.706. The largest absolute Gasteiger partial charge is 0.480 e. The standard InChI is InChI=1S/C5H11NO2S.C4H9NO3.C3H7NO3.C3H7NO2.C2H5NO2/c1-9-3-2-4(6)5(7)8;1-2(6)3(5)4(7)8;4-2(1-5)3(6)7;1-2(4)3(5)6;3-1-2(4)5/h4H,2-3,6H2,1H3,(H,7,8);2-3,6H,5H2,1H3,(H,7,8);2,5H,1,4H2,(H,6,7);2H,4H2,1H3,(H,5,6);1,3H2,(H,4,5). The number of carbonyl (C=O) groups is 5. The number of aliphatic hydroxyl groups is 2. The average molecular weight is 538 g/mol. The van der Waals surface area contributed by atoms with Crippen molar-refractivity contribution in [3.05, 3.63) is 0 Å². The van der Waals surface area contributed by atoms with Crippen LogP contribution >= 0.6 is 11.8 Å². The lowest BCUT2D eigenvalue weighted by atomic mass is 10.2. The number of aliphatic hydroxyl groups excluding tert-OH is 2. The number of rotatable bonds is 10. The van der Waals surface area contributed by atoms with E-state index in [2.05, 4.69) is 5.73 Å². The van der Waals surface area contributed by atoms with Crippen molar-refractivity contribution in [1.29, 1.82) is 0 Å². The van der Waals surface area contributed by atoms with Gasteiger partial charge in [-0.05, 0) is 32.3 Å². The van der Waals surface area contributed by atoms with Crippen molar-refractivity contribution in [2.24, 2.45) is 28.7 Å². The molecule has 210 valence electrons. The van der Waals surface area contributed by atoms with Gasteiger partial charge in [-0.3, -0.25) is 24.0 Å². The van der Waals surface area contributed by atoms with Gasteiger partial charge in [0, 0.05) is 0 Å². The van der Waals surface area contributed by atoms with Gasteiger partial charge < -0.3 is 64.4 Å². The summed E-state index contributed by atoms with van der Waals surface area (Å²) in [6.45, 7) is 1.97. The molecule has 0 aliphatic heterocycles. The van der Waals surface area contributed by atoms with Crippen molar-refractivity contribution in [2.75, 3.05) is 25.2 Å². The molecule has 0 aromatic rings. The summed E-state index contributed by atoms with van der Waals surface area (Å²) < 4.78 is 0. The van der Waals surface area contributed by atoms with E-state index >= 15 is 0 Å². The van der Waals surface area contributed by atoms with E-state index in [0.29, 0.717) is 6.42 Å². The minimum atomic E-state index is -1.18. The van der Waals surface area contributed by atoms with Crippen LogP contribution < -0.4 is 28.7 Å². The maximum absolute atomic E-state index is 10.1. The Labute approximate surface area is 206 Å². The van der Waals surface area contributed by atoms with Crippen LogP contribution in [-0.2, 0) is 24.0 Å². The Balaban J connectivity index is -0.000000109. The first-order valence-corrected chi connectivity index (χ1v) is 10.9. The predicted molar refractivity (Wildman–Crippen MR) is 127 cm³/mol. The Morgan fingerprint density at radius 2 is 1.11 bits per heavy atom. The molecule has 0 radical (unpaired) electrons. The topological polar surface area (TPSA) is 357 Å². The van der Waals surface area contributed by atoms with Crippen molar-refractivity contribution in [3.63, 3.8) is 0 Å². The molecular formula is C17H39N5O12S. The second-order valence-electron chi connectivity index (χ2n) is 6.18. The van der Waals surface area contributed by atoms with E-state index < -0.39 is 66.7 Å². The van der Waals surface area contributed by atoms with Gasteiger partial charge in [0.1, 0.15) is 24.2 Å². The van der Waals surface area contributed by atoms with Crippen LogP contribution in [-0.4, -0.2) is 121 Å². The van der Waals surface area contributed by atoms with E-state index in [-0.39, 0.29) is 6.54 Å². The first kappa shape index (κ1) is 42.6. The molecule has 0 fully saturated rings. The second kappa shape index (κ2) is 27.7. The molecule has 0 saturated carbocycles. The zero-order chi connectivity index (χ0) is 29.3. The number of aliphatic carboxylic acids is 5. The van der Waals surface area contributed by atoms with Gasteiger partial charge in [-0.2, -0.15) is 11.8 Å². The highest BCUT2D eigenvalue weighted by Gasteiger charge is 2.16. The Morgan fingerprint density at radius 1 is 0.771 bits per heavy atom. The Morgan fingerprint density at radius 3 is 1.20 bits per heavy atom. The molecule has 0 bridgehead atoms. The van der Waals surface area contributed by atoms with Gasteiger partial charge in [0.15, 0.2) is 0 Å². The highest BCUT2D eigenvalue weighted by Crippen LogP contribution is 1.97. The lowest BCUT2D eigenvalue weighted by Gasteiger charge is -2.06. The Hall–Kier alpha value is -2.58. The maximum atomic E-state index is 10.1. The Bertz CT molecular complexity index is 596. The zero-order valence-electron chi connectivity index (χ0n) is 19.7. The molecule has 0 rings (SSSR count). The monoisotopic (exact) mass is 537 g/mol. The van der Waals surface area contributed by atoms with Gasteiger partial charge in [0.2, 0.25) is 0 Å². The van der Waals surface area contributed by atoms with E-state index in [9.17, 15) is 24.0 Å². The SMILES string of the molecule is CC(N)C(=O)O.CC(O)C(N)C(=O)O.CSCCC(N)C(=O)O.NC(CO)C(=O)O.NCC(=O)O. The second-order valence-corrected chi connectivity index (χ2v) is 7.17. The van der Waals surface area contributed by atoms with Crippen LogP contribution in [0.25, 0.3) is 0 Å². The molecule has 17 N–H and O–H groups in total. The molecule has 18 heteroatoms. The van der Waals surface area contributed by atoms with Crippen LogP contribution in [0, 0.1) is 0 Å². The van der Waals surface area contributed by atoms with Crippen LogP contribution in [0.5, 0.6) is 0 Å². The van der Waals surface area contributed by atoms with Crippen LogP contribution in [0.15, 0.2) is 0 Å². The molecule has 0 aliphatic rings. The smallest absolute Gasteiger partial charge is 0.323 e. The van der Waals surface area contributed by atoms with Gasteiger partial charge >= 0.3 is 29.8 Å². The molecule has 0 spiro atoms. The molecule has 0 aliphatic carbocycles. The third-order valence-electron chi connectivity index (χ3n) is 2.83. The Kier molecular flexibility index (Phi) is 33.6. The van der Waals surface area contributed by atoms with E-state index in [1.807, 2.05) is 6.26 Å². The minimum Gasteiger partial charge on any atom is -0.480 e. The molecule has 0 saturated heterocycles. The molecule has 35 heavy (non-hydrogen) atoms. The fourth-order valence-corrected chi connectivity index (χ4v) is 1.14. The van der Waals surface area contributed by atoms with Gasteiger partial charge in [-0.1, -0.05) is 0 Å². The summed E-state index contributed by atoms with van der Waals surface area (Å²) in [6, 6.07) is -3.70. The molecule has 17 nitrogen and oxygen atoms in total. The van der Waals surface area contributed by atoms with E-state index in [0.717, 1.165) is 5.75 Å². The lowest BCUT2D eigenvalue weighted by Crippen LogP contribution is -2.39. The minimum absolute atomic E-state index is 0.278. The molecule has 0 aromatic carbocycles. The summed E-state index contributed by atoms with van der Waals surface area (Å²) in [6.07, 6.45) is 1.50. The van der Waals surface area contributed by atoms with Crippen LogP contribution in [0.3, 0.4) is 0 Å². The van der Waals surface area contributed by atoms with E-state index in [1.165, 1.54) is 13.8 Å². The summed E-state index contributed by atoms with van der Waals surface area (Å²) in [7, 11) is 0. The lowest BCUT2D eigenvalue weighted by molar-refractivity contribution is -0.141. The van der Waals surface area contributed by atoms with Crippen LogP contribution in [0.1, 0.15) is 20.3 Å². The van der Waals surface area contributed by atoms with Crippen molar-refractivity contribution in [1.82, 2.24) is 0 Å². The predicted octanol–water partition coefficient (Wildman–Crippen LogP) is -4.23. The number of carboxylic acids is 5. The molecule has 0 heterocycles. The quantitative estimate of drug-likeness (QED) is 0.125. The summed E-state index contributed by atoms with van der Waals surface area (Å²) in [4.78, 5) is 48.4. The maximum Gasteiger partial charge on any atom is 0.323 e. The number of thioether (sulfide) groups is 1. The number of hydrogen-bond acceptors (Lipinski definition) is 13. The molecule has 5 atom stereocenters. The van der Waals surface area contributed by atoms with Crippen molar-refractivity contribution >= 4 is 41.6 Å². The zero-order valence-corrected chi connectivity index (χ0v) is 20.5. The van der Waals surface area contributed by atoms with Gasteiger partial charge in [-0.15, -0.1) is 0 Å². The van der Waals surface area contributed by atoms with Crippen LogP contribution in [0.2, 0.25) is 0 Å². The van der Waals surface area contributed by atoms with E-state index in [4.69, 9.17) is 58.7 Å². The van der Waals surface area contributed by atoms with Crippen molar-refractivity contribution < 1.29 is 59.7 Å². The highest BCUT2D eigenvalue weighted by atomic mass is 32.2. The van der Waals surface area contributed by atoms with Gasteiger partial charge in [-0.25, -0.2) is 0 Å². The number of carboxylic acid groups (broad SMARTS) is 5. The normalized spacial score (nSPS) is 13.4.